The first-order valence-corrected chi connectivity index (χ1v) is 7.88. The van der Waals surface area contributed by atoms with Crippen LogP contribution < -0.4 is 10.5 Å². The second-order valence-corrected chi connectivity index (χ2v) is 6.34. The van der Waals surface area contributed by atoms with E-state index in [0.717, 1.165) is 25.4 Å². The van der Waals surface area contributed by atoms with Gasteiger partial charge in [-0.3, -0.25) is 4.90 Å². The van der Waals surface area contributed by atoms with Crippen LogP contribution in [0.2, 0.25) is 0 Å². The highest BCUT2D eigenvalue weighted by Gasteiger charge is 2.31. The molecule has 2 N–H and O–H groups in total. The molecule has 1 aromatic carbocycles. The number of nitrogens with two attached hydrogens (primary N) is 1. The maximum atomic E-state index is 6.37. The molecule has 1 aromatic rings. The minimum atomic E-state index is 0.0637. The molecule has 0 aromatic heterocycles. The average molecular weight is 291 g/mol. The van der Waals surface area contributed by atoms with Crippen LogP contribution in [0, 0.1) is 5.92 Å². The summed E-state index contributed by atoms with van der Waals surface area (Å²) < 4.78 is 5.47. The molecule has 1 saturated heterocycles. The maximum Gasteiger partial charge on any atom is 0.119 e. The van der Waals surface area contributed by atoms with Crippen molar-refractivity contribution in [2.45, 2.75) is 25.9 Å². The molecule has 0 saturated carbocycles. The zero-order valence-electron chi connectivity index (χ0n) is 13.7. The Labute approximate surface area is 128 Å². The molecule has 1 heterocycles. The van der Waals surface area contributed by atoms with Crippen molar-refractivity contribution in [1.29, 1.82) is 0 Å². The minimum Gasteiger partial charge on any atom is -0.494 e. The number of nitrogens with zero attached hydrogens (tertiary/aromatic N) is 2. The maximum absolute atomic E-state index is 6.37. The summed E-state index contributed by atoms with van der Waals surface area (Å²) in [6, 6.07) is 8.88. The van der Waals surface area contributed by atoms with Crippen LogP contribution in [0.1, 0.15) is 25.5 Å². The number of likely N-dealkylation sites (N-methyl/N-ethyl adjacent to an activating group) is 1. The number of likely N-dealkylation sites (tertiary alicyclic amines) is 1. The van der Waals surface area contributed by atoms with Crippen LogP contribution >= 0.6 is 0 Å². The van der Waals surface area contributed by atoms with Gasteiger partial charge in [0, 0.05) is 31.7 Å². The van der Waals surface area contributed by atoms with Crippen molar-refractivity contribution in [2.24, 2.45) is 11.7 Å². The summed E-state index contributed by atoms with van der Waals surface area (Å²) in [6.45, 7) is 8.18. The van der Waals surface area contributed by atoms with Gasteiger partial charge >= 0.3 is 0 Å². The monoisotopic (exact) mass is 291 g/mol. The van der Waals surface area contributed by atoms with E-state index in [1.807, 2.05) is 19.1 Å². The molecular weight excluding hydrogens is 262 g/mol. The van der Waals surface area contributed by atoms with E-state index in [9.17, 15) is 0 Å². The molecule has 2 rings (SSSR count). The SMILES string of the molecule is CCOc1ccc(C(N)CN2CC(C)C(N(C)C)C2)cc1. The van der Waals surface area contributed by atoms with E-state index in [1.54, 1.807) is 0 Å². The first kappa shape index (κ1) is 16.3. The highest BCUT2D eigenvalue weighted by Crippen LogP contribution is 2.23. The van der Waals surface area contributed by atoms with Gasteiger partial charge in [-0.25, -0.2) is 0 Å². The fraction of sp³-hybridized carbons (Fsp3) is 0.647. The van der Waals surface area contributed by atoms with E-state index in [2.05, 4.69) is 43.0 Å². The molecule has 118 valence electrons. The number of hydrogen-bond acceptors (Lipinski definition) is 4. The van der Waals surface area contributed by atoms with Crippen molar-refractivity contribution in [2.75, 3.05) is 40.3 Å². The van der Waals surface area contributed by atoms with E-state index in [4.69, 9.17) is 10.5 Å². The third kappa shape index (κ3) is 4.19. The Morgan fingerprint density at radius 1 is 1.29 bits per heavy atom. The quantitative estimate of drug-likeness (QED) is 0.870. The van der Waals surface area contributed by atoms with Crippen LogP contribution in [-0.4, -0.2) is 56.2 Å². The van der Waals surface area contributed by atoms with Gasteiger partial charge in [-0.15, -0.1) is 0 Å². The molecule has 1 fully saturated rings. The predicted octanol–water partition coefficient (Wildman–Crippen LogP) is 1.97. The van der Waals surface area contributed by atoms with Gasteiger partial charge in [-0.05, 0) is 44.6 Å². The molecule has 3 atom stereocenters. The molecular formula is C17H29N3O. The van der Waals surface area contributed by atoms with Crippen molar-refractivity contribution in [1.82, 2.24) is 9.80 Å². The molecule has 1 aliphatic heterocycles. The summed E-state index contributed by atoms with van der Waals surface area (Å²) in [5.41, 5.74) is 7.55. The standard InChI is InChI=1S/C17H29N3O/c1-5-21-15-8-6-14(7-9-15)16(18)11-20-10-13(2)17(12-20)19(3)4/h6-9,13,16-17H,5,10-12,18H2,1-4H3. The lowest BCUT2D eigenvalue weighted by Crippen LogP contribution is -2.36. The fourth-order valence-corrected chi connectivity index (χ4v) is 3.23. The fourth-order valence-electron chi connectivity index (χ4n) is 3.23. The van der Waals surface area contributed by atoms with E-state index >= 15 is 0 Å². The smallest absolute Gasteiger partial charge is 0.119 e. The van der Waals surface area contributed by atoms with Gasteiger partial charge in [0.15, 0.2) is 0 Å². The Balaban J connectivity index is 1.91. The van der Waals surface area contributed by atoms with Gasteiger partial charge in [-0.2, -0.15) is 0 Å². The van der Waals surface area contributed by atoms with Gasteiger partial charge in [0.1, 0.15) is 5.75 Å². The van der Waals surface area contributed by atoms with E-state index in [-0.39, 0.29) is 6.04 Å². The molecule has 0 spiro atoms. The molecule has 0 aliphatic carbocycles. The highest BCUT2D eigenvalue weighted by atomic mass is 16.5. The normalized spacial score (nSPS) is 24.5. The van der Waals surface area contributed by atoms with Crippen LogP contribution in [0.25, 0.3) is 0 Å². The van der Waals surface area contributed by atoms with Gasteiger partial charge in [0.2, 0.25) is 0 Å². The Bertz CT molecular complexity index is 432. The van der Waals surface area contributed by atoms with E-state index in [1.165, 1.54) is 5.56 Å². The molecule has 21 heavy (non-hydrogen) atoms. The third-order valence-electron chi connectivity index (χ3n) is 4.39. The zero-order valence-corrected chi connectivity index (χ0v) is 13.7. The first-order chi connectivity index (χ1) is 10.0. The Morgan fingerprint density at radius 3 is 2.48 bits per heavy atom. The molecule has 4 heteroatoms. The lowest BCUT2D eigenvalue weighted by atomic mass is 10.1. The first-order valence-electron chi connectivity index (χ1n) is 7.88. The number of ether oxygens (including phenoxy) is 1. The largest absolute Gasteiger partial charge is 0.494 e. The van der Waals surface area contributed by atoms with Gasteiger partial charge in [0.25, 0.3) is 0 Å². The van der Waals surface area contributed by atoms with Crippen molar-refractivity contribution >= 4 is 0 Å². The molecule has 1 aliphatic rings. The Morgan fingerprint density at radius 2 is 1.95 bits per heavy atom. The second kappa shape index (κ2) is 7.25. The summed E-state index contributed by atoms with van der Waals surface area (Å²) in [4.78, 5) is 4.81. The molecule has 4 nitrogen and oxygen atoms in total. The van der Waals surface area contributed by atoms with Crippen molar-refractivity contribution in [3.8, 4) is 5.75 Å². The number of benzene rings is 1. The lowest BCUT2D eigenvalue weighted by molar-refractivity contribution is 0.248. The predicted molar refractivity (Wildman–Crippen MR) is 87.6 cm³/mol. The topological polar surface area (TPSA) is 41.7 Å². The molecule has 3 unspecified atom stereocenters. The lowest BCUT2D eigenvalue weighted by Gasteiger charge is -2.24. The Hall–Kier alpha value is -1.10. The van der Waals surface area contributed by atoms with Crippen LogP contribution in [0.4, 0.5) is 0 Å². The van der Waals surface area contributed by atoms with Crippen molar-refractivity contribution in [3.63, 3.8) is 0 Å². The summed E-state index contributed by atoms with van der Waals surface area (Å²) in [6.07, 6.45) is 0. The minimum absolute atomic E-state index is 0.0637. The molecule has 0 bridgehead atoms. The van der Waals surface area contributed by atoms with Gasteiger partial charge < -0.3 is 15.4 Å². The van der Waals surface area contributed by atoms with E-state index in [0.29, 0.717) is 18.6 Å². The molecule has 0 radical (unpaired) electrons. The summed E-state index contributed by atoms with van der Waals surface area (Å²) in [5.74, 6) is 1.61. The summed E-state index contributed by atoms with van der Waals surface area (Å²) in [5, 5.41) is 0. The van der Waals surface area contributed by atoms with Gasteiger partial charge in [-0.1, -0.05) is 19.1 Å². The third-order valence-corrected chi connectivity index (χ3v) is 4.39. The van der Waals surface area contributed by atoms with Crippen LogP contribution in [0.3, 0.4) is 0 Å². The van der Waals surface area contributed by atoms with Crippen LogP contribution in [0.15, 0.2) is 24.3 Å². The van der Waals surface area contributed by atoms with Crippen LogP contribution in [-0.2, 0) is 0 Å². The number of hydrogen-bond donors (Lipinski definition) is 1. The summed E-state index contributed by atoms with van der Waals surface area (Å²) in [7, 11) is 4.33. The van der Waals surface area contributed by atoms with Crippen molar-refractivity contribution in [3.05, 3.63) is 29.8 Å². The zero-order chi connectivity index (χ0) is 15.4. The average Bonchev–Trinajstić information content (AvgIpc) is 2.81. The number of rotatable bonds is 6. The second-order valence-electron chi connectivity index (χ2n) is 6.34. The van der Waals surface area contributed by atoms with Crippen molar-refractivity contribution < 1.29 is 4.74 Å². The van der Waals surface area contributed by atoms with E-state index < -0.39 is 0 Å². The Kier molecular flexibility index (Phi) is 5.62. The summed E-state index contributed by atoms with van der Waals surface area (Å²) >= 11 is 0. The highest BCUT2D eigenvalue weighted by molar-refractivity contribution is 5.29. The van der Waals surface area contributed by atoms with Gasteiger partial charge in [0.05, 0.1) is 6.61 Å². The molecule has 0 amide bonds. The van der Waals surface area contributed by atoms with Crippen LogP contribution in [0.5, 0.6) is 5.75 Å².